The normalized spacial score (nSPS) is 12.5. The van der Waals surface area contributed by atoms with E-state index in [9.17, 15) is 14.4 Å². The van der Waals surface area contributed by atoms with Crippen LogP contribution in [0, 0.1) is 0 Å². The van der Waals surface area contributed by atoms with Crippen LogP contribution in [0.2, 0.25) is 5.02 Å². The van der Waals surface area contributed by atoms with E-state index in [0.717, 1.165) is 11.1 Å². The Hall–Kier alpha value is -2.86. The molecule has 0 unspecified atom stereocenters. The van der Waals surface area contributed by atoms with Crippen molar-refractivity contribution in [3.63, 3.8) is 0 Å². The first-order valence-corrected chi connectivity index (χ1v) is 9.20. The van der Waals surface area contributed by atoms with Crippen molar-refractivity contribution in [3.05, 3.63) is 70.7 Å². The summed E-state index contributed by atoms with van der Waals surface area (Å²) >= 11 is 5.99. The predicted molar refractivity (Wildman–Crippen MR) is 107 cm³/mol. The van der Waals surface area contributed by atoms with Crippen molar-refractivity contribution < 1.29 is 19.1 Å². The zero-order chi connectivity index (χ0) is 20.5. The fourth-order valence-electron chi connectivity index (χ4n) is 2.81. The van der Waals surface area contributed by atoms with E-state index in [1.807, 2.05) is 36.4 Å². The van der Waals surface area contributed by atoms with E-state index in [1.54, 1.807) is 18.2 Å². The van der Waals surface area contributed by atoms with Crippen molar-refractivity contribution in [1.82, 2.24) is 10.6 Å². The first kappa shape index (κ1) is 21.4. The molecule has 2 rings (SSSR count). The van der Waals surface area contributed by atoms with Gasteiger partial charge in [0.25, 0.3) is 0 Å². The lowest BCUT2D eigenvalue weighted by Crippen LogP contribution is -2.53. The predicted octanol–water partition coefficient (Wildman–Crippen LogP) is 2.29. The number of carbonyl (C=O) groups is 3. The quantitative estimate of drug-likeness (QED) is 0.663. The number of hydrogen-bond acceptors (Lipinski definition) is 4. The van der Waals surface area contributed by atoms with Crippen molar-refractivity contribution >= 4 is 29.4 Å². The molecule has 28 heavy (non-hydrogen) atoms. The molecule has 0 saturated carbocycles. The largest absolute Gasteiger partial charge is 0.467 e. The Kier molecular flexibility index (Phi) is 8.02. The molecule has 148 valence electrons. The molecule has 6 nitrogen and oxygen atoms in total. The summed E-state index contributed by atoms with van der Waals surface area (Å²) < 4.78 is 4.82. The number of amides is 2. The Labute approximate surface area is 169 Å². The van der Waals surface area contributed by atoms with Crippen LogP contribution in [0.1, 0.15) is 18.1 Å². The minimum atomic E-state index is -0.900. The zero-order valence-electron chi connectivity index (χ0n) is 15.8. The fourth-order valence-corrected chi connectivity index (χ4v) is 3.02. The highest BCUT2D eigenvalue weighted by Crippen LogP contribution is 2.13. The van der Waals surface area contributed by atoms with Crippen molar-refractivity contribution in [2.45, 2.75) is 31.8 Å². The fraction of sp³-hybridized carbons (Fsp3) is 0.286. The summed E-state index contributed by atoms with van der Waals surface area (Å²) in [5.41, 5.74) is 1.67. The molecule has 2 amide bonds. The smallest absolute Gasteiger partial charge is 0.328 e. The molecule has 0 aliphatic heterocycles. The highest BCUT2D eigenvalue weighted by molar-refractivity contribution is 6.30. The number of esters is 1. The first-order chi connectivity index (χ1) is 13.4. The monoisotopic (exact) mass is 402 g/mol. The highest BCUT2D eigenvalue weighted by atomic mass is 35.5. The van der Waals surface area contributed by atoms with Gasteiger partial charge in [-0.25, -0.2) is 4.79 Å². The number of nitrogens with one attached hydrogen (secondary N) is 2. The first-order valence-electron chi connectivity index (χ1n) is 8.82. The molecule has 0 aliphatic carbocycles. The molecule has 2 N–H and O–H groups in total. The third-order valence-electron chi connectivity index (χ3n) is 4.11. The zero-order valence-corrected chi connectivity index (χ0v) is 16.5. The van der Waals surface area contributed by atoms with E-state index in [0.29, 0.717) is 11.4 Å². The molecule has 2 aromatic carbocycles. The maximum atomic E-state index is 12.8. The van der Waals surface area contributed by atoms with Gasteiger partial charge in [0.2, 0.25) is 11.8 Å². The number of ether oxygens (including phenoxy) is 1. The maximum Gasteiger partial charge on any atom is 0.328 e. The van der Waals surface area contributed by atoms with Gasteiger partial charge in [0.15, 0.2) is 0 Å². The van der Waals surface area contributed by atoms with Gasteiger partial charge in [-0.05, 0) is 23.3 Å². The lowest BCUT2D eigenvalue weighted by Gasteiger charge is -2.22. The van der Waals surface area contributed by atoms with Crippen LogP contribution in [0.25, 0.3) is 0 Å². The molecule has 0 aromatic heterocycles. The average molecular weight is 403 g/mol. The molecule has 2 aromatic rings. The van der Waals surface area contributed by atoms with Gasteiger partial charge in [0, 0.05) is 24.8 Å². The number of halogens is 1. The molecule has 0 spiro atoms. The van der Waals surface area contributed by atoms with Gasteiger partial charge in [0.05, 0.1) is 7.11 Å². The second-order valence-electron chi connectivity index (χ2n) is 6.36. The highest BCUT2D eigenvalue weighted by Gasteiger charge is 2.27. The van der Waals surface area contributed by atoms with Crippen LogP contribution in [0.5, 0.6) is 0 Å². The van der Waals surface area contributed by atoms with Gasteiger partial charge < -0.3 is 15.4 Å². The number of rotatable bonds is 8. The van der Waals surface area contributed by atoms with Crippen molar-refractivity contribution in [1.29, 1.82) is 0 Å². The molecule has 0 radical (unpaired) electrons. The second kappa shape index (κ2) is 10.5. The van der Waals surface area contributed by atoms with Gasteiger partial charge >= 0.3 is 5.97 Å². The summed E-state index contributed by atoms with van der Waals surface area (Å²) in [7, 11) is 1.26. The molecular weight excluding hydrogens is 380 g/mol. The average Bonchev–Trinajstić information content (AvgIpc) is 2.66. The lowest BCUT2D eigenvalue weighted by molar-refractivity contribution is -0.145. The summed E-state index contributed by atoms with van der Waals surface area (Å²) in [4.78, 5) is 36.5. The summed E-state index contributed by atoms with van der Waals surface area (Å²) in [6, 6.07) is 14.6. The topological polar surface area (TPSA) is 84.5 Å². The Morgan fingerprint density at radius 3 is 2.18 bits per heavy atom. The standard InChI is InChI=1S/C21H23ClN2O4/c1-14(25)23-18(12-15-7-4-3-5-8-15)20(26)24-19(21(27)28-2)13-16-9-6-10-17(22)11-16/h3-11,18-19H,12-13H2,1-2H3,(H,23,25)(H,24,26)/t18-,19-/m1/s1. The third-order valence-corrected chi connectivity index (χ3v) is 4.34. The summed E-state index contributed by atoms with van der Waals surface area (Å²) in [6.07, 6.45) is 0.522. The Morgan fingerprint density at radius 2 is 1.57 bits per heavy atom. The number of hydrogen-bond donors (Lipinski definition) is 2. The van der Waals surface area contributed by atoms with Crippen LogP contribution in [-0.2, 0) is 32.0 Å². The van der Waals surface area contributed by atoms with Crippen LogP contribution in [0.15, 0.2) is 54.6 Å². The van der Waals surface area contributed by atoms with Crippen molar-refractivity contribution in [2.24, 2.45) is 0 Å². The van der Waals surface area contributed by atoms with E-state index in [4.69, 9.17) is 16.3 Å². The second-order valence-corrected chi connectivity index (χ2v) is 6.80. The van der Waals surface area contributed by atoms with Crippen molar-refractivity contribution in [2.75, 3.05) is 7.11 Å². The molecule has 0 fully saturated rings. The number of benzene rings is 2. The van der Waals surface area contributed by atoms with E-state index >= 15 is 0 Å². The molecule has 2 atom stereocenters. The van der Waals surface area contributed by atoms with Crippen LogP contribution >= 0.6 is 11.6 Å². The molecular formula is C21H23ClN2O4. The van der Waals surface area contributed by atoms with Crippen LogP contribution in [0.3, 0.4) is 0 Å². The molecule has 0 bridgehead atoms. The van der Waals surface area contributed by atoms with E-state index in [2.05, 4.69) is 10.6 Å². The third kappa shape index (κ3) is 6.70. The van der Waals surface area contributed by atoms with Gasteiger partial charge in [-0.2, -0.15) is 0 Å². The van der Waals surface area contributed by atoms with Crippen LogP contribution in [0.4, 0.5) is 0 Å². The van der Waals surface area contributed by atoms with Gasteiger partial charge in [0.1, 0.15) is 12.1 Å². The molecule has 0 heterocycles. The number of methoxy groups -OCH3 is 1. The maximum absolute atomic E-state index is 12.8. The van der Waals surface area contributed by atoms with E-state index in [1.165, 1.54) is 14.0 Å². The Bertz CT molecular complexity index is 826. The van der Waals surface area contributed by atoms with Gasteiger partial charge in [-0.3, -0.25) is 9.59 Å². The molecule has 0 aliphatic rings. The summed E-state index contributed by atoms with van der Waals surface area (Å²) in [6.45, 7) is 1.34. The SMILES string of the molecule is COC(=O)[C@@H](Cc1cccc(Cl)c1)NC(=O)[C@@H](Cc1ccccc1)NC(C)=O. The Morgan fingerprint density at radius 1 is 0.929 bits per heavy atom. The lowest BCUT2D eigenvalue weighted by atomic mass is 10.0. The molecule has 0 saturated heterocycles. The Balaban J connectivity index is 2.15. The van der Waals surface area contributed by atoms with E-state index in [-0.39, 0.29) is 12.3 Å². The van der Waals surface area contributed by atoms with Crippen molar-refractivity contribution in [3.8, 4) is 0 Å². The number of carbonyl (C=O) groups excluding carboxylic acids is 3. The van der Waals surface area contributed by atoms with Gasteiger partial charge in [-0.15, -0.1) is 0 Å². The minimum Gasteiger partial charge on any atom is -0.467 e. The van der Waals surface area contributed by atoms with E-state index < -0.39 is 24.0 Å². The van der Waals surface area contributed by atoms with Gasteiger partial charge in [-0.1, -0.05) is 54.1 Å². The minimum absolute atomic E-state index is 0.219. The summed E-state index contributed by atoms with van der Waals surface area (Å²) in [5, 5.41) is 5.86. The van der Waals surface area contributed by atoms with Crippen LogP contribution < -0.4 is 10.6 Å². The van der Waals surface area contributed by atoms with Crippen LogP contribution in [-0.4, -0.2) is 37.0 Å². The summed E-state index contributed by atoms with van der Waals surface area (Å²) in [5.74, 6) is -1.37. The molecule has 7 heteroatoms.